The fraction of sp³-hybridized carbons (Fsp3) is 0.765. The number of aliphatic carboxylic acids is 1. The van der Waals surface area contributed by atoms with Gasteiger partial charge in [0, 0.05) is 40.9 Å². The third-order valence-electron chi connectivity index (χ3n) is 14.8. The van der Waals surface area contributed by atoms with Crippen LogP contribution in [0.1, 0.15) is 105 Å². The molecule has 5 amide bonds. The second-order valence-electron chi connectivity index (χ2n) is 21.0. The summed E-state index contributed by atoms with van der Waals surface area (Å²) in [6.07, 6.45) is 0.206. The molecule has 2 aliphatic heterocycles. The number of carbonyl (C=O) groups excluding carboxylic acids is 5. The van der Waals surface area contributed by atoms with Gasteiger partial charge in [-0.15, -0.1) is 0 Å². The fourth-order valence-corrected chi connectivity index (χ4v) is 11.7. The zero-order valence-corrected chi connectivity index (χ0v) is 45.5. The molecule has 1 saturated carbocycles. The zero-order chi connectivity index (χ0) is 53.8. The molecule has 10 atom stereocenters. The van der Waals surface area contributed by atoms with Gasteiger partial charge in [0.25, 0.3) is 5.91 Å². The molecule has 21 heteroatoms. The Morgan fingerprint density at radius 3 is 1.96 bits per heavy atom. The van der Waals surface area contributed by atoms with Gasteiger partial charge in [-0.2, -0.15) is 4.72 Å². The van der Waals surface area contributed by atoms with Crippen molar-refractivity contribution in [1.82, 2.24) is 35.0 Å². The number of rotatable bonds is 28. The van der Waals surface area contributed by atoms with Crippen LogP contribution in [0.2, 0.25) is 0 Å². The normalized spacial score (nSPS) is 20.5. The van der Waals surface area contributed by atoms with Crippen molar-refractivity contribution in [2.75, 3.05) is 61.6 Å². The van der Waals surface area contributed by atoms with E-state index < -0.39 is 87.6 Å². The number of carbonyl (C=O) groups is 6. The van der Waals surface area contributed by atoms with Crippen LogP contribution in [0.3, 0.4) is 0 Å². The molecule has 0 aromatic heterocycles. The summed E-state index contributed by atoms with van der Waals surface area (Å²) in [5.74, 6) is -3.76. The highest BCUT2D eigenvalue weighted by Gasteiger charge is 2.44. The highest BCUT2D eigenvalue weighted by Crippen LogP contribution is 2.31. The van der Waals surface area contributed by atoms with Gasteiger partial charge in [0.15, 0.2) is 6.61 Å². The van der Waals surface area contributed by atoms with E-state index in [2.05, 4.69) is 15.4 Å². The van der Waals surface area contributed by atoms with Crippen molar-refractivity contribution in [3.05, 3.63) is 29.8 Å². The number of carboxylic acids is 1. The van der Waals surface area contributed by atoms with E-state index in [1.165, 1.54) is 14.2 Å². The molecule has 2 heterocycles. The average molecular weight is 1040 g/mol. The Morgan fingerprint density at radius 2 is 1.44 bits per heavy atom. The van der Waals surface area contributed by atoms with Crippen molar-refractivity contribution in [2.24, 2.45) is 29.6 Å². The van der Waals surface area contributed by atoms with Crippen LogP contribution in [0.4, 0.5) is 0 Å². The maximum atomic E-state index is 14.5. The van der Waals surface area contributed by atoms with Crippen LogP contribution < -0.4 is 20.1 Å². The smallest absolute Gasteiger partial charge is 0.306 e. The number of methoxy groups -OCH3 is 2. The van der Waals surface area contributed by atoms with Crippen LogP contribution in [0.5, 0.6) is 5.75 Å². The number of hydrogen-bond acceptors (Lipinski definition) is 13. The van der Waals surface area contributed by atoms with Crippen molar-refractivity contribution < 1.29 is 61.6 Å². The number of carboxylic acid groups (broad SMARTS) is 1. The van der Waals surface area contributed by atoms with Gasteiger partial charge in [-0.25, -0.2) is 8.42 Å². The minimum atomic E-state index is -3.88. The van der Waals surface area contributed by atoms with E-state index in [1.807, 2.05) is 60.5 Å². The Morgan fingerprint density at radius 1 is 0.819 bits per heavy atom. The van der Waals surface area contributed by atoms with Crippen LogP contribution >= 0.6 is 0 Å². The van der Waals surface area contributed by atoms with Gasteiger partial charge in [0.05, 0.1) is 59.9 Å². The first-order valence-corrected chi connectivity index (χ1v) is 27.2. The summed E-state index contributed by atoms with van der Waals surface area (Å²) in [5.41, 5.74) is 0.618. The van der Waals surface area contributed by atoms with Gasteiger partial charge in [-0.1, -0.05) is 67.0 Å². The molecule has 2 saturated heterocycles. The van der Waals surface area contributed by atoms with Gasteiger partial charge in [0.1, 0.15) is 18.0 Å². The Balaban J connectivity index is 1.47. The van der Waals surface area contributed by atoms with Crippen molar-refractivity contribution in [2.45, 2.75) is 160 Å². The summed E-state index contributed by atoms with van der Waals surface area (Å²) < 4.78 is 46.1. The molecule has 5 N–H and O–H groups in total. The summed E-state index contributed by atoms with van der Waals surface area (Å²) in [6, 6.07) is 3.15. The summed E-state index contributed by atoms with van der Waals surface area (Å²) in [7, 11) is 4.45. The van der Waals surface area contributed by atoms with Gasteiger partial charge in [-0.3, -0.25) is 33.7 Å². The molecular weight excluding hydrogens is 951 g/mol. The molecule has 4 rings (SSSR count). The van der Waals surface area contributed by atoms with E-state index in [-0.39, 0.29) is 60.8 Å². The third kappa shape index (κ3) is 16.0. The lowest BCUT2D eigenvalue weighted by atomic mass is 9.89. The van der Waals surface area contributed by atoms with Crippen molar-refractivity contribution in [3.63, 3.8) is 0 Å². The molecule has 3 fully saturated rings. The zero-order valence-electron chi connectivity index (χ0n) is 44.7. The van der Waals surface area contributed by atoms with Gasteiger partial charge < -0.3 is 49.8 Å². The number of amides is 5. The number of nitrogens with zero attached hydrogens (tertiary/aromatic N) is 4. The van der Waals surface area contributed by atoms with Gasteiger partial charge in [-0.05, 0) is 94.5 Å². The maximum Gasteiger partial charge on any atom is 0.306 e. The Bertz CT molecular complexity index is 2070. The second-order valence-corrected chi connectivity index (χ2v) is 23.0. The van der Waals surface area contributed by atoms with E-state index in [9.17, 15) is 47.4 Å². The van der Waals surface area contributed by atoms with Crippen LogP contribution in [-0.2, 0) is 54.7 Å². The Kier molecular flexibility index (Phi) is 22.7. The van der Waals surface area contributed by atoms with Gasteiger partial charge >= 0.3 is 5.97 Å². The first-order valence-electron chi connectivity index (χ1n) is 25.7. The summed E-state index contributed by atoms with van der Waals surface area (Å²) in [5, 5.41) is 25.9. The molecule has 3 aliphatic rings. The van der Waals surface area contributed by atoms with Crippen LogP contribution in [0, 0.1) is 29.6 Å². The SMILES string of the molecule is CCC(C)C(C(CC(=O)N1CCCC1C(OC)C(C)C(=O)NC(Cc1ccc(OCC(=O)N2CCC(C(=O)O)CC2)cc1)C(O)NS(=O)(=O)C1CC1)OC)N(C)C(=O)C(NC(=O)C(C(C)C)N(C)C)C(C)C. The summed E-state index contributed by atoms with van der Waals surface area (Å²) in [6.45, 7) is 14.2. The monoisotopic (exact) mass is 1040 g/mol. The quantitative estimate of drug-likeness (QED) is 0.0757. The van der Waals surface area contributed by atoms with E-state index in [0.717, 1.165) is 0 Å². The molecule has 10 unspecified atom stereocenters. The van der Waals surface area contributed by atoms with E-state index in [1.54, 1.807) is 52.9 Å². The number of aliphatic hydroxyl groups excluding tert-OH is 1. The number of likely N-dealkylation sites (tertiary alicyclic amines) is 2. The maximum absolute atomic E-state index is 14.5. The molecule has 20 nitrogen and oxygen atoms in total. The number of piperidine rings is 1. The van der Waals surface area contributed by atoms with E-state index >= 15 is 0 Å². The van der Waals surface area contributed by atoms with Crippen molar-refractivity contribution in [1.29, 1.82) is 0 Å². The average Bonchev–Trinajstić information content (AvgIpc) is 4.10. The molecule has 1 aromatic rings. The minimum Gasteiger partial charge on any atom is -0.484 e. The fourth-order valence-electron chi connectivity index (χ4n) is 10.3. The van der Waals surface area contributed by atoms with Crippen LogP contribution in [-0.4, -0.2) is 189 Å². The highest BCUT2D eigenvalue weighted by atomic mass is 32.2. The van der Waals surface area contributed by atoms with E-state index in [4.69, 9.17) is 14.2 Å². The summed E-state index contributed by atoms with van der Waals surface area (Å²) >= 11 is 0. The predicted octanol–water partition coefficient (Wildman–Crippen LogP) is 2.46. The lowest BCUT2D eigenvalue weighted by molar-refractivity contribution is -0.148. The number of sulfonamides is 1. The largest absolute Gasteiger partial charge is 0.484 e. The third-order valence-corrected chi connectivity index (χ3v) is 16.8. The number of hydrogen-bond donors (Lipinski definition) is 5. The Hall–Kier alpha value is -4.41. The standard InChI is InChI=1S/C51H85N7O13S/c1-13-32(6)45(56(10)50(64)43(30(2)3)53-49(63)44(31(4)5)55(8)9)40(69-11)28-41(59)58-24-14-15-39(58)46(70-12)33(7)47(61)52-38(48(62)54-72(67,68)37-20-21-37)27-34-16-18-36(19-17-34)71-29-42(60)57-25-22-35(23-26-57)51(65)66/h16-19,30-33,35,37-40,43-46,48,54,62H,13-15,20-29H2,1-12H3,(H,52,61)(H,53,63)(H,65,66). The molecule has 0 spiro atoms. The molecule has 1 aliphatic carbocycles. The Labute approximate surface area is 427 Å². The number of ether oxygens (including phenoxy) is 3. The molecule has 408 valence electrons. The number of likely N-dealkylation sites (N-methyl/N-ethyl adjacent to an activating group) is 2. The van der Waals surface area contributed by atoms with E-state index in [0.29, 0.717) is 75.9 Å². The first-order chi connectivity index (χ1) is 33.9. The number of aliphatic hydroxyl groups is 1. The molecular formula is C51H85N7O13S. The predicted molar refractivity (Wildman–Crippen MR) is 271 cm³/mol. The first kappa shape index (κ1) is 60.1. The van der Waals surface area contributed by atoms with Crippen LogP contribution in [0.25, 0.3) is 0 Å². The summed E-state index contributed by atoms with van der Waals surface area (Å²) in [4.78, 5) is 87.5. The topological polar surface area (TPSA) is 254 Å². The van der Waals surface area contributed by atoms with Crippen molar-refractivity contribution in [3.8, 4) is 5.75 Å². The lowest BCUT2D eigenvalue weighted by Gasteiger charge is -2.41. The number of nitrogens with one attached hydrogen (secondary N) is 3. The molecule has 0 radical (unpaired) electrons. The lowest BCUT2D eigenvalue weighted by Crippen LogP contribution is -2.59. The molecule has 72 heavy (non-hydrogen) atoms. The highest BCUT2D eigenvalue weighted by molar-refractivity contribution is 7.90. The van der Waals surface area contributed by atoms with Crippen molar-refractivity contribution >= 4 is 45.5 Å². The van der Waals surface area contributed by atoms with Gasteiger partial charge in [0.2, 0.25) is 33.7 Å². The second kappa shape index (κ2) is 27.2. The molecule has 1 aromatic carbocycles. The molecule has 0 bridgehead atoms. The number of benzene rings is 1. The van der Waals surface area contributed by atoms with Crippen LogP contribution in [0.15, 0.2) is 24.3 Å². The minimum absolute atomic E-state index is 0.000583.